The molecule has 1 aromatic carbocycles. The summed E-state index contributed by atoms with van der Waals surface area (Å²) < 4.78 is 62.7. The summed E-state index contributed by atoms with van der Waals surface area (Å²) >= 11 is 0. The first kappa shape index (κ1) is 18.7. The van der Waals surface area contributed by atoms with Crippen molar-refractivity contribution in [2.45, 2.75) is 18.3 Å². The Kier molecular flexibility index (Phi) is 5.31. The predicted octanol–water partition coefficient (Wildman–Crippen LogP) is 3.05. The van der Waals surface area contributed by atoms with Gasteiger partial charge in [0.25, 0.3) is 0 Å². The monoisotopic (exact) mass is 374 g/mol. The number of carbonyl (C=O) groups excluding carboxylic acids is 1. The highest BCUT2D eigenvalue weighted by Crippen LogP contribution is 2.28. The fraction of sp³-hybridized carbons (Fsp3) is 0.200. The van der Waals surface area contributed by atoms with Crippen LogP contribution in [0.4, 0.5) is 18.9 Å². The van der Waals surface area contributed by atoms with Gasteiger partial charge in [-0.15, -0.1) is 0 Å². The smallest absolute Gasteiger partial charge is 0.376 e. The van der Waals surface area contributed by atoms with Crippen LogP contribution in [0.15, 0.2) is 48.8 Å². The van der Waals surface area contributed by atoms with Crippen LogP contribution in [0.3, 0.4) is 0 Å². The van der Waals surface area contributed by atoms with Crippen molar-refractivity contribution in [1.29, 1.82) is 0 Å². The minimum atomic E-state index is -5.73. The molecule has 0 aliphatic rings. The molecule has 0 saturated heterocycles. The van der Waals surface area contributed by atoms with Gasteiger partial charge in [-0.1, -0.05) is 12.1 Å². The van der Waals surface area contributed by atoms with Gasteiger partial charge in [0.2, 0.25) is 5.91 Å². The number of pyridine rings is 1. The Bertz CT molecular complexity index is 837. The molecule has 1 unspecified atom stereocenters. The zero-order chi connectivity index (χ0) is 18.7. The highest BCUT2D eigenvalue weighted by atomic mass is 32.2. The van der Waals surface area contributed by atoms with Crippen molar-refractivity contribution in [1.82, 2.24) is 4.98 Å². The number of carbonyl (C=O) groups is 1. The van der Waals surface area contributed by atoms with Crippen molar-refractivity contribution in [2.24, 2.45) is 0 Å². The van der Waals surface area contributed by atoms with Gasteiger partial charge in [0.1, 0.15) is 5.75 Å². The summed E-state index contributed by atoms with van der Waals surface area (Å²) in [4.78, 5) is 16.0. The third kappa shape index (κ3) is 4.69. The standard InChI is InChI=1S/C15H13F3N2O4S/c1-10(14(21)20-12-6-8-19-9-7-12)11-2-4-13(5-3-11)24-25(22,23)15(16,17)18/h2-10H,1H3,(H,19,20,21). The van der Waals surface area contributed by atoms with Crippen molar-refractivity contribution in [3.8, 4) is 5.75 Å². The Morgan fingerprint density at radius 2 is 1.68 bits per heavy atom. The van der Waals surface area contributed by atoms with Crippen LogP contribution in [0.25, 0.3) is 0 Å². The number of nitrogens with one attached hydrogen (secondary N) is 1. The second kappa shape index (κ2) is 7.09. The Labute approximate surface area is 141 Å². The molecule has 6 nitrogen and oxygen atoms in total. The molecule has 1 aromatic heterocycles. The van der Waals surface area contributed by atoms with Crippen LogP contribution in [0, 0.1) is 0 Å². The summed E-state index contributed by atoms with van der Waals surface area (Å²) in [6.07, 6.45) is 3.01. The van der Waals surface area contributed by atoms with E-state index < -0.39 is 27.3 Å². The van der Waals surface area contributed by atoms with E-state index in [0.29, 0.717) is 11.3 Å². The van der Waals surface area contributed by atoms with E-state index in [1.54, 1.807) is 19.1 Å². The molecule has 0 saturated carbocycles. The zero-order valence-electron chi connectivity index (χ0n) is 12.8. The minimum absolute atomic E-state index is 0.345. The van der Waals surface area contributed by atoms with Crippen LogP contribution in [0.2, 0.25) is 0 Å². The molecule has 2 aromatic rings. The van der Waals surface area contributed by atoms with E-state index in [2.05, 4.69) is 14.5 Å². The lowest BCUT2D eigenvalue weighted by Gasteiger charge is -2.14. The lowest BCUT2D eigenvalue weighted by atomic mass is 10.0. The molecule has 0 bridgehead atoms. The van der Waals surface area contributed by atoms with Gasteiger partial charge in [-0.3, -0.25) is 9.78 Å². The second-order valence-corrected chi connectivity index (χ2v) is 6.54. The third-order valence-electron chi connectivity index (χ3n) is 3.21. The topological polar surface area (TPSA) is 85.4 Å². The summed E-state index contributed by atoms with van der Waals surface area (Å²) in [5.74, 6) is -1.47. The number of alkyl halides is 3. The van der Waals surface area contributed by atoms with Gasteiger partial charge in [-0.2, -0.15) is 21.6 Å². The van der Waals surface area contributed by atoms with E-state index in [1.165, 1.54) is 24.5 Å². The van der Waals surface area contributed by atoms with Crippen molar-refractivity contribution < 1.29 is 30.6 Å². The molecule has 1 amide bonds. The number of amides is 1. The molecule has 1 atom stereocenters. The fourth-order valence-corrected chi connectivity index (χ4v) is 2.28. The number of nitrogens with zero attached hydrogens (tertiary/aromatic N) is 1. The largest absolute Gasteiger partial charge is 0.534 e. The van der Waals surface area contributed by atoms with Gasteiger partial charge in [0.05, 0.1) is 5.92 Å². The number of halogens is 3. The van der Waals surface area contributed by atoms with Gasteiger partial charge in [0.15, 0.2) is 0 Å². The Morgan fingerprint density at radius 1 is 1.12 bits per heavy atom. The van der Waals surface area contributed by atoms with Crippen molar-refractivity contribution in [2.75, 3.05) is 5.32 Å². The van der Waals surface area contributed by atoms with E-state index in [-0.39, 0.29) is 5.91 Å². The Balaban J connectivity index is 2.07. The maximum atomic E-state index is 12.3. The van der Waals surface area contributed by atoms with E-state index in [1.807, 2.05) is 0 Å². The number of anilines is 1. The van der Waals surface area contributed by atoms with Crippen LogP contribution in [0.5, 0.6) is 5.75 Å². The highest BCUT2D eigenvalue weighted by Gasteiger charge is 2.48. The first-order valence-corrected chi connectivity index (χ1v) is 8.32. The highest BCUT2D eigenvalue weighted by molar-refractivity contribution is 7.88. The van der Waals surface area contributed by atoms with E-state index in [0.717, 1.165) is 12.1 Å². The molecule has 2 rings (SSSR count). The predicted molar refractivity (Wildman–Crippen MR) is 83.3 cm³/mol. The molecule has 0 aliphatic carbocycles. The number of benzene rings is 1. The van der Waals surface area contributed by atoms with Gasteiger partial charge in [-0.05, 0) is 36.8 Å². The van der Waals surface area contributed by atoms with Gasteiger partial charge >= 0.3 is 15.6 Å². The molecule has 1 heterocycles. The SMILES string of the molecule is CC(C(=O)Nc1ccncc1)c1ccc(OS(=O)(=O)C(F)(F)F)cc1. The molecule has 1 N–H and O–H groups in total. The Hall–Kier alpha value is -2.62. The van der Waals surface area contributed by atoms with Crippen LogP contribution in [0.1, 0.15) is 18.4 Å². The van der Waals surface area contributed by atoms with E-state index in [4.69, 9.17) is 0 Å². The van der Waals surface area contributed by atoms with E-state index in [9.17, 15) is 26.4 Å². The van der Waals surface area contributed by atoms with Gasteiger partial charge in [-0.25, -0.2) is 0 Å². The average Bonchev–Trinajstić information content (AvgIpc) is 2.54. The number of aromatic nitrogens is 1. The van der Waals surface area contributed by atoms with Gasteiger partial charge < -0.3 is 9.50 Å². The van der Waals surface area contributed by atoms with Crippen LogP contribution < -0.4 is 9.50 Å². The average molecular weight is 374 g/mol. The maximum absolute atomic E-state index is 12.3. The van der Waals surface area contributed by atoms with Gasteiger partial charge in [0, 0.05) is 18.1 Å². The lowest BCUT2D eigenvalue weighted by Crippen LogP contribution is -2.28. The molecule has 0 aliphatic heterocycles. The summed E-state index contributed by atoms with van der Waals surface area (Å²) in [5, 5.41) is 2.66. The number of rotatable bonds is 5. The first-order valence-electron chi connectivity index (χ1n) is 6.92. The van der Waals surface area contributed by atoms with E-state index >= 15 is 0 Å². The molecule has 0 radical (unpaired) electrons. The van der Waals surface area contributed by atoms with Crippen molar-refractivity contribution in [3.63, 3.8) is 0 Å². The number of hydrogen-bond acceptors (Lipinski definition) is 5. The summed E-state index contributed by atoms with van der Waals surface area (Å²) in [6.45, 7) is 1.60. The summed E-state index contributed by atoms with van der Waals surface area (Å²) in [6, 6.07) is 7.94. The maximum Gasteiger partial charge on any atom is 0.534 e. The molecule has 134 valence electrons. The second-order valence-electron chi connectivity index (χ2n) is 5.00. The molecule has 0 fully saturated rings. The zero-order valence-corrected chi connectivity index (χ0v) is 13.6. The minimum Gasteiger partial charge on any atom is -0.376 e. The quantitative estimate of drug-likeness (QED) is 0.642. The molecular formula is C15H13F3N2O4S. The molecule has 0 spiro atoms. The van der Waals surface area contributed by atoms with Crippen molar-refractivity contribution in [3.05, 3.63) is 54.4 Å². The molecule has 25 heavy (non-hydrogen) atoms. The Morgan fingerprint density at radius 3 is 2.20 bits per heavy atom. The third-order valence-corrected chi connectivity index (χ3v) is 4.19. The molecular weight excluding hydrogens is 361 g/mol. The first-order chi connectivity index (χ1) is 11.6. The summed E-state index contributed by atoms with van der Waals surface area (Å²) in [7, 11) is -5.73. The molecule has 10 heteroatoms. The fourth-order valence-electron chi connectivity index (χ4n) is 1.82. The summed E-state index contributed by atoms with van der Waals surface area (Å²) in [5.41, 5.74) is -4.49. The van der Waals surface area contributed by atoms with Crippen LogP contribution in [-0.2, 0) is 14.9 Å². The van der Waals surface area contributed by atoms with Crippen LogP contribution >= 0.6 is 0 Å². The van der Waals surface area contributed by atoms with Crippen LogP contribution in [-0.4, -0.2) is 24.8 Å². The normalized spacial score (nSPS) is 13.1. The lowest BCUT2D eigenvalue weighted by molar-refractivity contribution is -0.117. The van der Waals surface area contributed by atoms with Crippen molar-refractivity contribution >= 4 is 21.7 Å². The number of hydrogen-bond donors (Lipinski definition) is 1.